The summed E-state index contributed by atoms with van der Waals surface area (Å²) in [6.07, 6.45) is 1.61. The smallest absolute Gasteiger partial charge is 0.183 e. The first-order chi connectivity index (χ1) is 5.45. The average Bonchev–Trinajstić information content (AvgIpc) is 1.95. The van der Waals surface area contributed by atoms with E-state index < -0.39 is 8.32 Å². The largest absolute Gasteiger partial charge is 0.417 e. The Morgan fingerprint density at radius 1 is 1.42 bits per heavy atom. The van der Waals surface area contributed by atoms with Gasteiger partial charge in [-0.25, -0.2) is 0 Å². The number of rotatable bonds is 5. The molecule has 1 atom stereocenters. The number of hydrogen-bond acceptors (Lipinski definition) is 2. The van der Waals surface area contributed by atoms with Crippen molar-refractivity contribution in [1.82, 2.24) is 0 Å². The molecule has 0 radical (unpaired) electrons. The third-order valence-corrected chi connectivity index (χ3v) is 2.58. The van der Waals surface area contributed by atoms with Crippen LogP contribution in [0.1, 0.15) is 19.8 Å². The van der Waals surface area contributed by atoms with Gasteiger partial charge in [0.1, 0.15) is 0 Å². The van der Waals surface area contributed by atoms with E-state index in [9.17, 15) is 0 Å². The molecule has 0 rings (SSSR count). The third kappa shape index (κ3) is 7.77. The van der Waals surface area contributed by atoms with Crippen molar-refractivity contribution in [2.75, 3.05) is 6.61 Å². The lowest BCUT2D eigenvalue weighted by molar-refractivity contribution is 0.247. The molecule has 3 heteroatoms. The van der Waals surface area contributed by atoms with Gasteiger partial charge >= 0.3 is 0 Å². The zero-order valence-electron chi connectivity index (χ0n) is 8.55. The van der Waals surface area contributed by atoms with Gasteiger partial charge < -0.3 is 4.43 Å². The molecule has 0 aliphatic rings. The van der Waals surface area contributed by atoms with E-state index in [4.69, 9.17) is 9.69 Å². The highest BCUT2D eigenvalue weighted by Gasteiger charge is 2.15. The molecule has 0 amide bonds. The fraction of sp³-hybridized carbons (Fsp3) is 0.889. The summed E-state index contributed by atoms with van der Waals surface area (Å²) in [7, 11) is -1.34. The minimum absolute atomic E-state index is 0.524. The lowest BCUT2D eigenvalue weighted by Gasteiger charge is -2.20. The van der Waals surface area contributed by atoms with Crippen LogP contribution in [0.2, 0.25) is 19.6 Å². The molecule has 0 aliphatic carbocycles. The van der Waals surface area contributed by atoms with E-state index in [0.29, 0.717) is 12.3 Å². The summed E-state index contributed by atoms with van der Waals surface area (Å²) in [5.41, 5.74) is 0. The van der Waals surface area contributed by atoms with Crippen molar-refractivity contribution in [2.24, 2.45) is 5.92 Å². The van der Waals surface area contributed by atoms with Gasteiger partial charge in [-0.05, 0) is 32.0 Å². The van der Waals surface area contributed by atoms with E-state index in [1.807, 2.05) is 0 Å². The Balaban J connectivity index is 3.45. The van der Waals surface area contributed by atoms with Crippen LogP contribution in [-0.4, -0.2) is 14.9 Å². The summed E-state index contributed by atoms with van der Waals surface area (Å²) in [5.74, 6) is 0.524. The zero-order valence-corrected chi connectivity index (χ0v) is 9.55. The highest BCUT2D eigenvalue weighted by atomic mass is 28.4. The van der Waals surface area contributed by atoms with Gasteiger partial charge in [-0.3, -0.25) is 0 Å². The quantitative estimate of drug-likeness (QED) is 0.617. The van der Waals surface area contributed by atoms with Crippen molar-refractivity contribution in [3.05, 3.63) is 0 Å². The maximum absolute atomic E-state index is 8.36. The van der Waals surface area contributed by atoms with Crippen LogP contribution in [0.5, 0.6) is 0 Å². The molecular weight excluding hydrogens is 166 g/mol. The van der Waals surface area contributed by atoms with E-state index in [0.717, 1.165) is 13.0 Å². The molecule has 0 aromatic heterocycles. The standard InChI is InChI=1S/C9H19NOSi/c1-9(6-5-7-10)8-11-12(2,3)4/h9H,5-6,8H2,1-4H3. The van der Waals surface area contributed by atoms with Crippen LogP contribution in [0, 0.1) is 17.2 Å². The highest BCUT2D eigenvalue weighted by Crippen LogP contribution is 2.10. The normalized spacial score (nSPS) is 13.9. The molecule has 12 heavy (non-hydrogen) atoms. The first kappa shape index (κ1) is 11.7. The molecule has 0 saturated carbocycles. The van der Waals surface area contributed by atoms with E-state index in [2.05, 4.69) is 32.6 Å². The molecule has 1 unspecified atom stereocenters. The fourth-order valence-corrected chi connectivity index (χ4v) is 1.57. The first-order valence-corrected chi connectivity index (χ1v) is 7.87. The van der Waals surface area contributed by atoms with Crippen LogP contribution >= 0.6 is 0 Å². The Kier molecular flexibility index (Phi) is 5.19. The van der Waals surface area contributed by atoms with E-state index in [-0.39, 0.29) is 0 Å². The SMILES string of the molecule is CC(CCC#N)CO[Si](C)(C)C. The van der Waals surface area contributed by atoms with Gasteiger partial charge in [-0.2, -0.15) is 5.26 Å². The molecule has 0 bridgehead atoms. The molecule has 0 heterocycles. The molecule has 70 valence electrons. The van der Waals surface area contributed by atoms with E-state index in [1.165, 1.54) is 0 Å². The van der Waals surface area contributed by atoms with Crippen LogP contribution in [0.15, 0.2) is 0 Å². The third-order valence-electron chi connectivity index (χ3n) is 1.55. The van der Waals surface area contributed by atoms with Gasteiger partial charge in [0.2, 0.25) is 0 Å². The van der Waals surface area contributed by atoms with Crippen molar-refractivity contribution in [1.29, 1.82) is 5.26 Å². The van der Waals surface area contributed by atoms with Crippen molar-refractivity contribution >= 4 is 8.32 Å². The van der Waals surface area contributed by atoms with E-state index >= 15 is 0 Å². The second-order valence-electron chi connectivity index (χ2n) is 4.23. The Morgan fingerprint density at radius 2 is 2.00 bits per heavy atom. The summed E-state index contributed by atoms with van der Waals surface area (Å²) < 4.78 is 5.72. The molecule has 2 nitrogen and oxygen atoms in total. The maximum atomic E-state index is 8.36. The first-order valence-electron chi connectivity index (χ1n) is 4.46. The van der Waals surface area contributed by atoms with Crippen LogP contribution in [0.25, 0.3) is 0 Å². The molecule has 0 aromatic carbocycles. The Hall–Kier alpha value is -0.333. The summed E-state index contributed by atoms with van der Waals surface area (Å²) in [6.45, 7) is 9.51. The average molecular weight is 185 g/mol. The second kappa shape index (κ2) is 5.34. The predicted octanol–water partition coefficient (Wildman–Crippen LogP) is 2.78. The van der Waals surface area contributed by atoms with Crippen LogP contribution in [0.4, 0.5) is 0 Å². The number of nitriles is 1. The summed E-state index contributed by atoms with van der Waals surface area (Å²) in [4.78, 5) is 0. The molecule has 0 aromatic rings. The summed E-state index contributed by atoms with van der Waals surface area (Å²) in [5, 5.41) is 8.36. The zero-order chi connectivity index (χ0) is 9.61. The molecule has 0 aliphatic heterocycles. The topological polar surface area (TPSA) is 33.0 Å². The second-order valence-corrected chi connectivity index (χ2v) is 8.74. The molecule has 0 fully saturated rings. The highest BCUT2D eigenvalue weighted by molar-refractivity contribution is 6.69. The van der Waals surface area contributed by atoms with E-state index in [1.54, 1.807) is 0 Å². The molecule has 0 saturated heterocycles. The monoisotopic (exact) mass is 185 g/mol. The molecule has 0 N–H and O–H groups in total. The van der Waals surface area contributed by atoms with Gasteiger partial charge in [-0.15, -0.1) is 0 Å². The van der Waals surface area contributed by atoms with Gasteiger partial charge in [0, 0.05) is 13.0 Å². The van der Waals surface area contributed by atoms with Crippen molar-refractivity contribution in [2.45, 2.75) is 39.4 Å². The lowest BCUT2D eigenvalue weighted by Crippen LogP contribution is -2.27. The molecule has 0 spiro atoms. The lowest BCUT2D eigenvalue weighted by atomic mass is 10.1. The Bertz CT molecular complexity index is 157. The van der Waals surface area contributed by atoms with Crippen molar-refractivity contribution in [3.8, 4) is 6.07 Å². The van der Waals surface area contributed by atoms with Gasteiger partial charge in [-0.1, -0.05) is 6.92 Å². The Labute approximate surface area is 76.7 Å². The molecular formula is C9H19NOSi. The van der Waals surface area contributed by atoms with Crippen molar-refractivity contribution < 1.29 is 4.43 Å². The number of hydrogen-bond donors (Lipinski definition) is 0. The summed E-state index contributed by atoms with van der Waals surface area (Å²) in [6, 6.07) is 2.15. The predicted molar refractivity (Wildman–Crippen MR) is 53.3 cm³/mol. The van der Waals surface area contributed by atoms with Crippen LogP contribution in [-0.2, 0) is 4.43 Å². The van der Waals surface area contributed by atoms with Crippen LogP contribution < -0.4 is 0 Å². The fourth-order valence-electron chi connectivity index (χ4n) is 0.787. The van der Waals surface area contributed by atoms with Gasteiger partial charge in [0.15, 0.2) is 8.32 Å². The minimum Gasteiger partial charge on any atom is -0.417 e. The number of nitrogens with zero attached hydrogens (tertiary/aromatic N) is 1. The van der Waals surface area contributed by atoms with Crippen LogP contribution in [0.3, 0.4) is 0 Å². The van der Waals surface area contributed by atoms with Crippen molar-refractivity contribution in [3.63, 3.8) is 0 Å². The minimum atomic E-state index is -1.34. The Morgan fingerprint density at radius 3 is 2.42 bits per heavy atom. The van der Waals surface area contributed by atoms with Gasteiger partial charge in [0.05, 0.1) is 6.07 Å². The van der Waals surface area contributed by atoms with Gasteiger partial charge in [0.25, 0.3) is 0 Å². The summed E-state index contributed by atoms with van der Waals surface area (Å²) >= 11 is 0. The maximum Gasteiger partial charge on any atom is 0.183 e.